The lowest BCUT2D eigenvalue weighted by atomic mass is 10.1. The molecule has 0 aliphatic heterocycles. The Hall–Kier alpha value is -1.81. The molecular weight excluding hydrogens is 332 g/mol. The number of carbonyl (C=O) groups excluding carboxylic acids is 1. The summed E-state index contributed by atoms with van der Waals surface area (Å²) in [5.41, 5.74) is 0.644. The van der Waals surface area contributed by atoms with Gasteiger partial charge in [-0.3, -0.25) is 4.79 Å². The van der Waals surface area contributed by atoms with Gasteiger partial charge in [0.2, 0.25) is 0 Å². The number of halogens is 1. The first-order chi connectivity index (χ1) is 10.1. The predicted molar refractivity (Wildman–Crippen MR) is 86.4 cm³/mol. The number of benzene rings is 2. The van der Waals surface area contributed by atoms with Crippen molar-refractivity contribution < 1.29 is 14.3 Å². The second-order valence-electron chi connectivity index (χ2n) is 4.62. The third-order valence-electron chi connectivity index (χ3n) is 2.85. The van der Waals surface area contributed by atoms with E-state index in [0.717, 1.165) is 22.4 Å². The first-order valence-electron chi connectivity index (χ1n) is 6.81. The Kier molecular flexibility index (Phi) is 5.39. The van der Waals surface area contributed by atoms with Crippen LogP contribution in [0.2, 0.25) is 0 Å². The maximum Gasteiger partial charge on any atom is 0.160 e. The van der Waals surface area contributed by atoms with E-state index in [1.165, 1.54) is 6.92 Å². The number of ketones is 1. The molecule has 0 radical (unpaired) electrons. The zero-order chi connectivity index (χ0) is 15.2. The average Bonchev–Trinajstić information content (AvgIpc) is 2.46. The van der Waals surface area contributed by atoms with Gasteiger partial charge in [0.05, 0.1) is 6.61 Å². The van der Waals surface area contributed by atoms with Crippen LogP contribution >= 0.6 is 15.9 Å². The summed E-state index contributed by atoms with van der Waals surface area (Å²) in [6.07, 6.45) is 0.981. The molecular formula is C17H17BrO3. The number of hydrogen-bond donors (Lipinski definition) is 0. The van der Waals surface area contributed by atoms with E-state index in [0.29, 0.717) is 17.9 Å². The topological polar surface area (TPSA) is 35.5 Å². The van der Waals surface area contributed by atoms with Crippen LogP contribution in [0.5, 0.6) is 17.2 Å². The third kappa shape index (κ3) is 4.33. The molecule has 110 valence electrons. The molecule has 0 saturated heterocycles. The zero-order valence-electron chi connectivity index (χ0n) is 12.1. The van der Waals surface area contributed by atoms with Gasteiger partial charge in [-0.15, -0.1) is 0 Å². The van der Waals surface area contributed by atoms with Crippen LogP contribution in [0.1, 0.15) is 30.6 Å². The second-order valence-corrected chi connectivity index (χ2v) is 5.47. The van der Waals surface area contributed by atoms with Gasteiger partial charge in [-0.2, -0.15) is 0 Å². The van der Waals surface area contributed by atoms with E-state index in [1.54, 1.807) is 18.2 Å². The number of carbonyl (C=O) groups is 1. The van der Waals surface area contributed by atoms with Crippen LogP contribution in [-0.4, -0.2) is 12.4 Å². The van der Waals surface area contributed by atoms with Crippen LogP contribution in [0, 0.1) is 0 Å². The van der Waals surface area contributed by atoms with Crippen molar-refractivity contribution in [3.8, 4) is 17.2 Å². The number of hydrogen-bond acceptors (Lipinski definition) is 3. The molecule has 2 rings (SSSR count). The Labute approximate surface area is 133 Å². The van der Waals surface area contributed by atoms with Gasteiger partial charge < -0.3 is 9.47 Å². The van der Waals surface area contributed by atoms with Gasteiger partial charge in [0.25, 0.3) is 0 Å². The normalized spacial score (nSPS) is 10.2. The van der Waals surface area contributed by atoms with Gasteiger partial charge >= 0.3 is 0 Å². The first-order valence-corrected chi connectivity index (χ1v) is 7.60. The standard InChI is InChI=1S/C17H17BrO3/c1-3-10-20-13-4-6-14(7-5-13)21-15-8-9-16(12(2)19)17(18)11-15/h4-9,11H,3,10H2,1-2H3. The molecule has 0 fully saturated rings. The molecule has 0 N–H and O–H groups in total. The monoisotopic (exact) mass is 348 g/mol. The predicted octanol–water partition coefficient (Wildman–Crippen LogP) is 5.23. The molecule has 0 aliphatic rings. The lowest BCUT2D eigenvalue weighted by Crippen LogP contribution is -1.95. The van der Waals surface area contributed by atoms with Crippen molar-refractivity contribution in [1.82, 2.24) is 0 Å². The highest BCUT2D eigenvalue weighted by molar-refractivity contribution is 9.10. The summed E-state index contributed by atoms with van der Waals surface area (Å²) in [5.74, 6) is 2.25. The molecule has 0 spiro atoms. The maximum absolute atomic E-state index is 11.4. The SMILES string of the molecule is CCCOc1ccc(Oc2ccc(C(C)=O)c(Br)c2)cc1. The molecule has 0 atom stereocenters. The molecule has 0 amide bonds. The summed E-state index contributed by atoms with van der Waals surface area (Å²) < 4.78 is 12.0. The average molecular weight is 349 g/mol. The molecule has 3 nitrogen and oxygen atoms in total. The lowest BCUT2D eigenvalue weighted by Gasteiger charge is -2.09. The Bertz CT molecular complexity index is 620. The maximum atomic E-state index is 11.4. The smallest absolute Gasteiger partial charge is 0.160 e. The summed E-state index contributed by atoms with van der Waals surface area (Å²) in [4.78, 5) is 11.4. The van der Waals surface area contributed by atoms with Gasteiger partial charge in [0.1, 0.15) is 17.2 Å². The van der Waals surface area contributed by atoms with E-state index in [1.807, 2.05) is 24.3 Å². The van der Waals surface area contributed by atoms with Crippen molar-refractivity contribution in [2.24, 2.45) is 0 Å². The minimum absolute atomic E-state index is 0.0193. The van der Waals surface area contributed by atoms with Gasteiger partial charge in [-0.1, -0.05) is 6.92 Å². The Morgan fingerprint density at radius 3 is 2.24 bits per heavy atom. The van der Waals surface area contributed by atoms with E-state index in [9.17, 15) is 4.79 Å². The number of ether oxygens (including phenoxy) is 2. The van der Waals surface area contributed by atoms with Crippen molar-refractivity contribution >= 4 is 21.7 Å². The van der Waals surface area contributed by atoms with Gasteiger partial charge in [-0.05, 0) is 71.7 Å². The van der Waals surface area contributed by atoms with E-state index < -0.39 is 0 Å². The molecule has 21 heavy (non-hydrogen) atoms. The van der Waals surface area contributed by atoms with Crippen molar-refractivity contribution in [2.75, 3.05) is 6.61 Å². The minimum atomic E-state index is 0.0193. The molecule has 0 bridgehead atoms. The van der Waals surface area contributed by atoms with E-state index >= 15 is 0 Å². The molecule has 4 heteroatoms. The molecule has 0 saturated carbocycles. The largest absolute Gasteiger partial charge is 0.494 e. The van der Waals surface area contributed by atoms with Crippen molar-refractivity contribution in [3.63, 3.8) is 0 Å². The van der Waals surface area contributed by atoms with Crippen LogP contribution < -0.4 is 9.47 Å². The van der Waals surface area contributed by atoms with Gasteiger partial charge in [0.15, 0.2) is 5.78 Å². The van der Waals surface area contributed by atoms with E-state index in [2.05, 4.69) is 22.9 Å². The van der Waals surface area contributed by atoms with Crippen LogP contribution in [0.25, 0.3) is 0 Å². The van der Waals surface area contributed by atoms with Gasteiger partial charge in [-0.25, -0.2) is 0 Å². The summed E-state index contributed by atoms with van der Waals surface area (Å²) in [6.45, 7) is 4.31. The molecule has 0 aromatic heterocycles. The quantitative estimate of drug-likeness (QED) is 0.670. The fourth-order valence-corrected chi connectivity index (χ4v) is 2.44. The highest BCUT2D eigenvalue weighted by atomic mass is 79.9. The zero-order valence-corrected chi connectivity index (χ0v) is 13.6. The van der Waals surface area contributed by atoms with Crippen LogP contribution in [0.3, 0.4) is 0 Å². The van der Waals surface area contributed by atoms with Crippen molar-refractivity contribution in [2.45, 2.75) is 20.3 Å². The summed E-state index contributed by atoms with van der Waals surface area (Å²) >= 11 is 3.38. The molecule has 2 aromatic carbocycles. The summed E-state index contributed by atoms with van der Waals surface area (Å²) in [7, 11) is 0. The highest BCUT2D eigenvalue weighted by Gasteiger charge is 2.07. The third-order valence-corrected chi connectivity index (χ3v) is 3.51. The number of Topliss-reactive ketones (excluding diaryl/α,β-unsaturated/α-hetero) is 1. The minimum Gasteiger partial charge on any atom is -0.494 e. The summed E-state index contributed by atoms with van der Waals surface area (Å²) in [5, 5.41) is 0. The first kappa shape index (κ1) is 15.6. The van der Waals surface area contributed by atoms with Crippen LogP contribution in [0.15, 0.2) is 46.9 Å². The Morgan fingerprint density at radius 1 is 1.05 bits per heavy atom. The molecule has 2 aromatic rings. The van der Waals surface area contributed by atoms with Crippen LogP contribution in [-0.2, 0) is 0 Å². The number of rotatable bonds is 6. The second kappa shape index (κ2) is 7.27. The van der Waals surface area contributed by atoms with Crippen molar-refractivity contribution in [1.29, 1.82) is 0 Å². The van der Waals surface area contributed by atoms with E-state index in [4.69, 9.17) is 9.47 Å². The molecule has 0 aliphatic carbocycles. The fourth-order valence-electron chi connectivity index (χ4n) is 1.80. The Balaban J connectivity index is 2.07. The van der Waals surface area contributed by atoms with E-state index in [-0.39, 0.29) is 5.78 Å². The highest BCUT2D eigenvalue weighted by Crippen LogP contribution is 2.28. The Morgan fingerprint density at radius 2 is 1.67 bits per heavy atom. The fraction of sp³-hybridized carbons (Fsp3) is 0.235. The van der Waals surface area contributed by atoms with Crippen molar-refractivity contribution in [3.05, 3.63) is 52.5 Å². The van der Waals surface area contributed by atoms with Gasteiger partial charge in [0, 0.05) is 10.0 Å². The molecule has 0 unspecified atom stereocenters. The lowest BCUT2D eigenvalue weighted by molar-refractivity contribution is 0.101. The molecule has 0 heterocycles. The summed E-state index contributed by atoms with van der Waals surface area (Å²) in [6, 6.07) is 12.8. The van der Waals surface area contributed by atoms with Crippen LogP contribution in [0.4, 0.5) is 0 Å².